The summed E-state index contributed by atoms with van der Waals surface area (Å²) in [6, 6.07) is 0. The van der Waals surface area contributed by atoms with Crippen LogP contribution < -0.4 is 17.2 Å². The average molecular weight is 147 g/mol. The summed E-state index contributed by atoms with van der Waals surface area (Å²) < 4.78 is 0. The molecule has 0 aliphatic rings. The second-order valence-electron chi connectivity index (χ2n) is 2.30. The second-order valence-corrected chi connectivity index (χ2v) is 2.30. The topological polar surface area (TPSA) is 95.1 Å². The van der Waals surface area contributed by atoms with Gasteiger partial charge in [0, 0.05) is 0 Å². The van der Waals surface area contributed by atoms with Crippen molar-refractivity contribution < 1.29 is 4.79 Å². The fraction of sp³-hybridized carbons (Fsp3) is 0.833. The fourth-order valence-corrected chi connectivity index (χ4v) is 0. The summed E-state index contributed by atoms with van der Waals surface area (Å²) in [5, 5.41) is 0. The Kier molecular flexibility index (Phi) is 10.2. The highest BCUT2D eigenvalue weighted by Crippen LogP contribution is 1.81. The number of primary amides is 1. The van der Waals surface area contributed by atoms with Crippen molar-refractivity contribution in [3.8, 4) is 0 Å². The quantitative estimate of drug-likeness (QED) is 0.469. The lowest BCUT2D eigenvalue weighted by molar-refractivity contribution is -0.116. The van der Waals surface area contributed by atoms with Crippen LogP contribution >= 0.6 is 0 Å². The minimum absolute atomic E-state index is 0.0556. The van der Waals surface area contributed by atoms with Crippen molar-refractivity contribution in [2.45, 2.75) is 13.8 Å². The summed E-state index contributed by atoms with van der Waals surface area (Å²) in [6.07, 6.45) is 0. The minimum atomic E-state index is -0.468. The molecule has 0 aliphatic heterocycles. The normalized spacial score (nSPS) is 8.50. The maximum Gasteiger partial charge on any atom is 0.231 e. The third kappa shape index (κ3) is 26.3. The Labute approximate surface area is 61.8 Å². The number of amides is 1. The van der Waals surface area contributed by atoms with Crippen molar-refractivity contribution in [2.75, 3.05) is 13.1 Å². The van der Waals surface area contributed by atoms with Gasteiger partial charge in [0.05, 0.1) is 6.54 Å². The average Bonchev–Trinajstić information content (AvgIpc) is 1.89. The lowest BCUT2D eigenvalue weighted by Crippen LogP contribution is -2.21. The zero-order valence-electron chi connectivity index (χ0n) is 6.63. The van der Waals surface area contributed by atoms with E-state index in [1.165, 1.54) is 0 Å². The molecule has 0 saturated heterocycles. The van der Waals surface area contributed by atoms with Gasteiger partial charge in [0.15, 0.2) is 0 Å². The van der Waals surface area contributed by atoms with E-state index in [9.17, 15) is 4.79 Å². The first kappa shape index (κ1) is 12.1. The lowest BCUT2D eigenvalue weighted by Gasteiger charge is -1.91. The van der Waals surface area contributed by atoms with Gasteiger partial charge >= 0.3 is 0 Å². The number of hydrogen-bond donors (Lipinski definition) is 3. The smallest absolute Gasteiger partial charge is 0.231 e. The van der Waals surface area contributed by atoms with Crippen molar-refractivity contribution >= 4 is 5.91 Å². The molecule has 0 fully saturated rings. The Morgan fingerprint density at radius 1 is 1.40 bits per heavy atom. The largest absolute Gasteiger partial charge is 0.369 e. The van der Waals surface area contributed by atoms with E-state index in [1.807, 2.05) is 0 Å². The van der Waals surface area contributed by atoms with Gasteiger partial charge in [-0.3, -0.25) is 4.79 Å². The first-order valence-corrected chi connectivity index (χ1v) is 3.23. The third-order valence-electron chi connectivity index (χ3n) is 0.673. The van der Waals surface area contributed by atoms with Gasteiger partial charge in [-0.25, -0.2) is 0 Å². The number of carbonyl (C=O) groups is 1. The molecule has 10 heavy (non-hydrogen) atoms. The predicted molar refractivity (Wildman–Crippen MR) is 42.1 cm³/mol. The number of rotatable bonds is 2. The molecule has 0 rings (SSSR count). The second kappa shape index (κ2) is 8.39. The molecule has 6 N–H and O–H groups in total. The van der Waals surface area contributed by atoms with Crippen molar-refractivity contribution in [3.63, 3.8) is 0 Å². The lowest BCUT2D eigenvalue weighted by atomic mass is 10.2. The Morgan fingerprint density at radius 2 is 1.60 bits per heavy atom. The van der Waals surface area contributed by atoms with E-state index in [1.54, 1.807) is 0 Å². The Morgan fingerprint density at radius 3 is 1.60 bits per heavy atom. The standard InChI is InChI=1S/C4H11N.C2H6N2O/c1-4(2)3-5;3-1-2(4)5/h4H,3,5H2,1-2H3;1,3H2,(H2,4,5). The highest BCUT2D eigenvalue weighted by Gasteiger charge is 1.80. The summed E-state index contributed by atoms with van der Waals surface area (Å²) in [4.78, 5) is 9.47. The molecule has 4 nitrogen and oxygen atoms in total. The van der Waals surface area contributed by atoms with Crippen LogP contribution in [0.2, 0.25) is 0 Å². The molecular weight excluding hydrogens is 130 g/mol. The van der Waals surface area contributed by atoms with E-state index in [-0.39, 0.29) is 6.54 Å². The van der Waals surface area contributed by atoms with Crippen molar-refractivity contribution in [3.05, 3.63) is 0 Å². The molecule has 0 radical (unpaired) electrons. The van der Waals surface area contributed by atoms with Gasteiger partial charge in [0.25, 0.3) is 0 Å². The minimum Gasteiger partial charge on any atom is -0.369 e. The van der Waals surface area contributed by atoms with E-state index in [4.69, 9.17) is 11.5 Å². The summed E-state index contributed by atoms with van der Waals surface area (Å²) in [7, 11) is 0. The van der Waals surface area contributed by atoms with Crippen LogP contribution in [-0.2, 0) is 4.79 Å². The van der Waals surface area contributed by atoms with Crippen LogP contribution in [0.25, 0.3) is 0 Å². The molecule has 62 valence electrons. The molecule has 0 atom stereocenters. The van der Waals surface area contributed by atoms with Crippen LogP contribution in [0, 0.1) is 5.92 Å². The third-order valence-corrected chi connectivity index (χ3v) is 0.673. The molecule has 0 spiro atoms. The van der Waals surface area contributed by atoms with Gasteiger partial charge in [-0.15, -0.1) is 0 Å². The van der Waals surface area contributed by atoms with Crippen molar-refractivity contribution in [1.29, 1.82) is 0 Å². The van der Waals surface area contributed by atoms with Gasteiger partial charge in [-0.2, -0.15) is 0 Å². The molecule has 0 saturated carbocycles. The summed E-state index contributed by atoms with van der Waals surface area (Å²) >= 11 is 0. The Hall–Kier alpha value is -0.610. The summed E-state index contributed by atoms with van der Waals surface area (Å²) in [6.45, 7) is 4.94. The Bertz CT molecular complexity index is 83.1. The first-order chi connectivity index (χ1) is 4.54. The van der Waals surface area contributed by atoms with Crippen LogP contribution in [0.15, 0.2) is 0 Å². The van der Waals surface area contributed by atoms with E-state index >= 15 is 0 Å². The molecule has 0 aliphatic carbocycles. The maximum absolute atomic E-state index is 9.47. The highest BCUT2D eigenvalue weighted by molar-refractivity contribution is 5.75. The molecule has 0 heterocycles. The van der Waals surface area contributed by atoms with Crippen LogP contribution in [0.5, 0.6) is 0 Å². The van der Waals surface area contributed by atoms with E-state index in [0.29, 0.717) is 5.92 Å². The van der Waals surface area contributed by atoms with Gasteiger partial charge in [0.2, 0.25) is 5.91 Å². The van der Waals surface area contributed by atoms with Gasteiger partial charge < -0.3 is 17.2 Å². The first-order valence-electron chi connectivity index (χ1n) is 3.23. The maximum atomic E-state index is 9.47. The molecule has 4 heteroatoms. The van der Waals surface area contributed by atoms with Crippen LogP contribution in [0.1, 0.15) is 13.8 Å². The molecule has 0 aromatic carbocycles. The van der Waals surface area contributed by atoms with Crippen LogP contribution in [-0.4, -0.2) is 19.0 Å². The van der Waals surface area contributed by atoms with E-state index in [0.717, 1.165) is 6.54 Å². The van der Waals surface area contributed by atoms with Crippen molar-refractivity contribution in [2.24, 2.45) is 23.1 Å². The highest BCUT2D eigenvalue weighted by atomic mass is 16.1. The zero-order valence-corrected chi connectivity index (χ0v) is 6.63. The number of carbonyl (C=O) groups excluding carboxylic acids is 1. The summed E-state index contributed by atoms with van der Waals surface area (Å²) in [5.41, 5.74) is 14.4. The fourth-order valence-electron chi connectivity index (χ4n) is 0. The zero-order chi connectivity index (χ0) is 8.57. The monoisotopic (exact) mass is 147 g/mol. The molecule has 1 amide bonds. The van der Waals surface area contributed by atoms with Crippen LogP contribution in [0.4, 0.5) is 0 Å². The Balaban J connectivity index is 0. The molecule has 0 aromatic rings. The van der Waals surface area contributed by atoms with Gasteiger partial charge in [-0.05, 0) is 12.5 Å². The summed E-state index contributed by atoms with van der Waals surface area (Å²) in [5.74, 6) is 0.194. The molecule has 0 bridgehead atoms. The van der Waals surface area contributed by atoms with E-state index < -0.39 is 5.91 Å². The SMILES string of the molecule is CC(C)CN.NCC(N)=O. The van der Waals surface area contributed by atoms with Gasteiger partial charge in [0.1, 0.15) is 0 Å². The van der Waals surface area contributed by atoms with E-state index in [2.05, 4.69) is 19.6 Å². The molecular formula is C6H17N3O. The van der Waals surface area contributed by atoms with Crippen LogP contribution in [0.3, 0.4) is 0 Å². The number of hydrogen-bond acceptors (Lipinski definition) is 3. The van der Waals surface area contributed by atoms with Crippen molar-refractivity contribution in [1.82, 2.24) is 0 Å². The number of nitrogens with two attached hydrogens (primary N) is 3. The van der Waals surface area contributed by atoms with Gasteiger partial charge in [-0.1, -0.05) is 13.8 Å². The molecule has 0 unspecified atom stereocenters. The predicted octanol–water partition coefficient (Wildman–Crippen LogP) is -0.968. The molecule has 0 aromatic heterocycles.